The van der Waals surface area contributed by atoms with Gasteiger partial charge >= 0.3 is 17.6 Å². The zero-order valence-electron chi connectivity index (χ0n) is 13.8. The number of methoxy groups -OCH3 is 2. The number of aromatic hydroxyl groups is 1. The number of carbonyl (C=O) groups excluding carboxylic acids is 2. The highest BCUT2D eigenvalue weighted by Crippen LogP contribution is 2.40. The van der Waals surface area contributed by atoms with Gasteiger partial charge in [-0.3, -0.25) is 4.79 Å². The highest BCUT2D eigenvalue weighted by molar-refractivity contribution is 8.00. The molecule has 2 aromatic rings. The molecule has 1 unspecified atom stereocenters. The summed E-state index contributed by atoms with van der Waals surface area (Å²) in [6, 6.07) is 8.77. The maximum absolute atomic E-state index is 12.3. The van der Waals surface area contributed by atoms with Crippen molar-refractivity contribution in [1.82, 2.24) is 0 Å². The second-order valence-electron chi connectivity index (χ2n) is 4.91. The molecule has 0 aliphatic carbocycles. The van der Waals surface area contributed by atoms with E-state index in [-0.39, 0.29) is 16.9 Å². The molecule has 2 rings (SSSR count). The van der Waals surface area contributed by atoms with Crippen molar-refractivity contribution in [3.05, 3.63) is 57.6 Å². The molecule has 0 aliphatic heterocycles. The number of ether oxygens (including phenoxy) is 2. The molecule has 0 amide bonds. The van der Waals surface area contributed by atoms with Crippen molar-refractivity contribution in [2.75, 3.05) is 14.2 Å². The maximum Gasteiger partial charge on any atom is 0.345 e. The first-order chi connectivity index (χ1) is 11.9. The molecule has 0 fully saturated rings. The zero-order valence-corrected chi connectivity index (χ0v) is 14.6. The molecule has 7 nitrogen and oxygen atoms in total. The Morgan fingerprint density at radius 1 is 1.16 bits per heavy atom. The Bertz CT molecular complexity index is 842. The second kappa shape index (κ2) is 7.89. The Morgan fingerprint density at radius 3 is 2.36 bits per heavy atom. The number of thioether (sulfide) groups is 1. The van der Waals surface area contributed by atoms with Crippen molar-refractivity contribution in [3.8, 4) is 5.75 Å². The summed E-state index contributed by atoms with van der Waals surface area (Å²) in [6.45, 7) is 1.34. The highest BCUT2D eigenvalue weighted by atomic mass is 32.2. The second-order valence-corrected chi connectivity index (χ2v) is 6.09. The lowest BCUT2D eigenvalue weighted by molar-refractivity contribution is -0.140. The van der Waals surface area contributed by atoms with Gasteiger partial charge in [-0.25, -0.2) is 9.59 Å². The number of hydrogen-bond acceptors (Lipinski definition) is 8. The van der Waals surface area contributed by atoms with E-state index in [1.807, 2.05) is 0 Å². The standard InChI is InChI=1S/C17H16O7S/c1-9-11(15(19)22-2)13(18)12(16(20)24-9)14(17(21)23-3)25-10-7-5-4-6-8-10/h4-8,14,18H,1-3H3. The van der Waals surface area contributed by atoms with Crippen LogP contribution in [0.25, 0.3) is 0 Å². The quantitative estimate of drug-likeness (QED) is 0.637. The topological polar surface area (TPSA) is 103 Å². The summed E-state index contributed by atoms with van der Waals surface area (Å²) < 4.78 is 14.4. The van der Waals surface area contributed by atoms with Gasteiger partial charge in [-0.15, -0.1) is 11.8 Å². The number of benzene rings is 1. The van der Waals surface area contributed by atoms with E-state index in [1.54, 1.807) is 30.3 Å². The minimum Gasteiger partial charge on any atom is -0.506 e. The fourth-order valence-corrected chi connectivity index (χ4v) is 3.29. The van der Waals surface area contributed by atoms with Crippen LogP contribution in [0.4, 0.5) is 0 Å². The number of hydrogen-bond donors (Lipinski definition) is 1. The van der Waals surface area contributed by atoms with E-state index < -0.39 is 28.6 Å². The lowest BCUT2D eigenvalue weighted by Crippen LogP contribution is -2.21. The van der Waals surface area contributed by atoms with Crippen molar-refractivity contribution >= 4 is 23.7 Å². The van der Waals surface area contributed by atoms with Gasteiger partial charge in [0.25, 0.3) is 0 Å². The van der Waals surface area contributed by atoms with Gasteiger partial charge in [0.05, 0.1) is 14.2 Å². The average Bonchev–Trinajstić information content (AvgIpc) is 2.60. The third-order valence-electron chi connectivity index (χ3n) is 3.37. The largest absolute Gasteiger partial charge is 0.506 e. The van der Waals surface area contributed by atoms with E-state index >= 15 is 0 Å². The molecule has 1 aromatic carbocycles. The highest BCUT2D eigenvalue weighted by Gasteiger charge is 2.33. The molecule has 1 atom stereocenters. The van der Waals surface area contributed by atoms with Gasteiger partial charge < -0.3 is 19.0 Å². The molecule has 0 saturated heterocycles. The molecule has 0 radical (unpaired) electrons. The molecule has 0 aliphatic rings. The van der Waals surface area contributed by atoms with Gasteiger partial charge in [0, 0.05) is 4.90 Å². The number of carbonyl (C=O) groups is 2. The summed E-state index contributed by atoms with van der Waals surface area (Å²) in [5, 5.41) is 9.25. The molecular weight excluding hydrogens is 348 g/mol. The van der Waals surface area contributed by atoms with Crippen LogP contribution in [0.15, 0.2) is 44.4 Å². The Kier molecular flexibility index (Phi) is 5.87. The molecule has 1 aromatic heterocycles. The molecule has 8 heteroatoms. The number of esters is 2. The number of aryl methyl sites for hydroxylation is 1. The van der Waals surface area contributed by atoms with E-state index in [4.69, 9.17) is 9.15 Å². The van der Waals surface area contributed by atoms with Crippen LogP contribution in [0.2, 0.25) is 0 Å². The van der Waals surface area contributed by atoms with Crippen LogP contribution in [0.3, 0.4) is 0 Å². The molecule has 0 saturated carbocycles. The fraction of sp³-hybridized carbons (Fsp3) is 0.235. The Balaban J connectivity index is 2.63. The molecule has 132 valence electrons. The van der Waals surface area contributed by atoms with Gasteiger partial charge in [-0.2, -0.15) is 0 Å². The summed E-state index contributed by atoms with van der Waals surface area (Å²) in [4.78, 5) is 37.0. The molecule has 0 spiro atoms. The predicted molar refractivity (Wildman–Crippen MR) is 89.8 cm³/mol. The minimum absolute atomic E-state index is 0.105. The van der Waals surface area contributed by atoms with Gasteiger partial charge in [-0.1, -0.05) is 18.2 Å². The summed E-state index contributed by atoms with van der Waals surface area (Å²) in [5.41, 5.74) is -1.60. The summed E-state index contributed by atoms with van der Waals surface area (Å²) >= 11 is 0.990. The van der Waals surface area contributed by atoms with Crippen LogP contribution in [0, 0.1) is 6.92 Å². The molecule has 25 heavy (non-hydrogen) atoms. The zero-order chi connectivity index (χ0) is 18.6. The monoisotopic (exact) mass is 364 g/mol. The average molecular weight is 364 g/mol. The van der Waals surface area contributed by atoms with Gasteiger partial charge in [0.15, 0.2) is 0 Å². The summed E-state index contributed by atoms with van der Waals surface area (Å²) in [5.74, 6) is -2.41. The van der Waals surface area contributed by atoms with Crippen molar-refractivity contribution in [2.24, 2.45) is 0 Å². The molecule has 1 heterocycles. The Labute approximate surface area is 147 Å². The van der Waals surface area contributed by atoms with Crippen molar-refractivity contribution in [1.29, 1.82) is 0 Å². The lowest BCUT2D eigenvalue weighted by atomic mass is 10.1. The van der Waals surface area contributed by atoms with E-state index in [1.165, 1.54) is 6.92 Å². The summed E-state index contributed by atoms with van der Waals surface area (Å²) in [6.07, 6.45) is 0. The Morgan fingerprint density at radius 2 is 1.80 bits per heavy atom. The number of rotatable bonds is 5. The minimum atomic E-state index is -1.22. The van der Waals surface area contributed by atoms with Crippen LogP contribution < -0.4 is 5.63 Å². The van der Waals surface area contributed by atoms with Crippen LogP contribution in [0.5, 0.6) is 5.75 Å². The Hall–Kier alpha value is -2.74. The normalized spacial score (nSPS) is 11.6. The van der Waals surface area contributed by atoms with E-state index in [0.29, 0.717) is 4.90 Å². The molecule has 1 N–H and O–H groups in total. The van der Waals surface area contributed by atoms with Crippen LogP contribution in [0.1, 0.15) is 26.9 Å². The van der Waals surface area contributed by atoms with Crippen molar-refractivity contribution in [2.45, 2.75) is 17.1 Å². The first-order valence-electron chi connectivity index (χ1n) is 7.15. The van der Waals surface area contributed by atoms with Crippen molar-refractivity contribution < 1.29 is 28.6 Å². The molecular formula is C17H16O7S. The van der Waals surface area contributed by atoms with Crippen molar-refractivity contribution in [3.63, 3.8) is 0 Å². The van der Waals surface area contributed by atoms with E-state index in [9.17, 15) is 19.5 Å². The first-order valence-corrected chi connectivity index (χ1v) is 8.03. The van der Waals surface area contributed by atoms with Crippen LogP contribution in [-0.2, 0) is 14.3 Å². The predicted octanol–water partition coefficient (Wildman–Crippen LogP) is 2.45. The van der Waals surface area contributed by atoms with E-state index in [0.717, 1.165) is 26.0 Å². The lowest BCUT2D eigenvalue weighted by Gasteiger charge is -2.16. The van der Waals surface area contributed by atoms with Gasteiger partial charge in [-0.05, 0) is 19.1 Å². The van der Waals surface area contributed by atoms with Gasteiger partial charge in [0.1, 0.15) is 27.9 Å². The summed E-state index contributed by atoms with van der Waals surface area (Å²) in [7, 11) is 2.29. The fourth-order valence-electron chi connectivity index (χ4n) is 2.18. The van der Waals surface area contributed by atoms with Gasteiger partial charge in [0.2, 0.25) is 0 Å². The molecule has 0 bridgehead atoms. The maximum atomic E-state index is 12.3. The van der Waals surface area contributed by atoms with E-state index in [2.05, 4.69) is 4.74 Å². The third kappa shape index (κ3) is 3.85. The smallest absolute Gasteiger partial charge is 0.345 e. The van der Waals surface area contributed by atoms with Crippen LogP contribution >= 0.6 is 11.8 Å². The van der Waals surface area contributed by atoms with Crippen LogP contribution in [-0.4, -0.2) is 31.3 Å². The SMILES string of the molecule is COC(=O)c1c(C)oc(=O)c(C(Sc2ccccc2)C(=O)OC)c1O. The third-order valence-corrected chi connectivity index (χ3v) is 4.58. The first kappa shape index (κ1) is 18.6.